The highest BCUT2D eigenvalue weighted by atomic mass is 31.2. The van der Waals surface area contributed by atoms with Gasteiger partial charge in [0.1, 0.15) is 12.7 Å². The fraction of sp³-hybridized carbons (Fsp3) is 0.857. The summed E-state index contributed by atoms with van der Waals surface area (Å²) in [5.74, 6) is -0.928. The van der Waals surface area contributed by atoms with E-state index in [1.54, 1.807) is 0 Å². The second-order valence-corrected chi connectivity index (χ2v) is 15.8. The van der Waals surface area contributed by atoms with Crippen molar-refractivity contribution in [3.63, 3.8) is 0 Å². The lowest BCUT2D eigenvalue weighted by Gasteiger charge is -2.20. The molecule has 0 aromatic rings. The molecule has 0 fully saturated rings. The van der Waals surface area contributed by atoms with Crippen molar-refractivity contribution in [2.45, 2.75) is 206 Å². The van der Waals surface area contributed by atoms with Gasteiger partial charge in [0.15, 0.2) is 6.10 Å². The molecule has 10 nitrogen and oxygen atoms in total. The van der Waals surface area contributed by atoms with Crippen LogP contribution >= 0.6 is 7.82 Å². The van der Waals surface area contributed by atoms with Crippen molar-refractivity contribution in [1.29, 1.82) is 0 Å². The van der Waals surface area contributed by atoms with Gasteiger partial charge >= 0.3 is 19.8 Å². The number of aliphatic hydroxyl groups is 2. The van der Waals surface area contributed by atoms with Crippen LogP contribution in [0.5, 0.6) is 0 Å². The first-order chi connectivity index (χ1) is 25.7. The second kappa shape index (κ2) is 38.7. The number of allylic oxidation sites excluding steroid dienone is 4. The Bertz CT molecular complexity index is 941. The molecule has 3 N–H and O–H groups in total. The predicted octanol–water partition coefficient (Wildman–Crippen LogP) is 11.0. The minimum atomic E-state index is -4.61. The van der Waals surface area contributed by atoms with Gasteiger partial charge in [-0.3, -0.25) is 18.6 Å². The molecule has 1 unspecified atom stereocenters. The SMILES string of the molecule is CCCC/C=C/CCCCCCCCCCCC(=O)O[C@H](COC(=O)CCCCCCCCC/C=C/CCCCCC)COP(=O)(O)OC[C@@H](O)CO. The summed E-state index contributed by atoms with van der Waals surface area (Å²) in [5.41, 5.74) is 0. The Morgan fingerprint density at radius 3 is 1.42 bits per heavy atom. The summed E-state index contributed by atoms with van der Waals surface area (Å²) >= 11 is 0. The standard InChI is InChI=1S/C42H79O10P/c1-3-5-7-9-11-13-15-17-19-21-23-25-27-29-31-33-41(45)49-37-40(38-51-53(47,48)50-36-39(44)35-43)52-42(46)34-32-30-28-26-24-22-20-18-16-14-12-10-8-6-4-2/h10,12-13,15,39-40,43-44H,3-9,11,14,16-38H2,1-2H3,(H,47,48)/b12-10+,15-13+/t39-,40+/m0/s1. The first kappa shape index (κ1) is 51.5. The van der Waals surface area contributed by atoms with Crippen LogP contribution in [0, 0.1) is 0 Å². The average Bonchev–Trinajstić information content (AvgIpc) is 3.14. The van der Waals surface area contributed by atoms with Crippen molar-refractivity contribution in [3.8, 4) is 0 Å². The molecule has 0 amide bonds. The van der Waals surface area contributed by atoms with Crippen LogP contribution in [0.3, 0.4) is 0 Å². The van der Waals surface area contributed by atoms with Gasteiger partial charge in [-0.25, -0.2) is 4.57 Å². The highest BCUT2D eigenvalue weighted by Crippen LogP contribution is 2.43. The minimum Gasteiger partial charge on any atom is -0.462 e. The van der Waals surface area contributed by atoms with E-state index in [0.29, 0.717) is 12.8 Å². The second-order valence-electron chi connectivity index (χ2n) is 14.4. The first-order valence-corrected chi connectivity index (χ1v) is 22.8. The number of phosphoric ester groups is 1. The van der Waals surface area contributed by atoms with Gasteiger partial charge < -0.3 is 24.6 Å². The number of ether oxygens (including phenoxy) is 2. The molecule has 0 aliphatic rings. The van der Waals surface area contributed by atoms with Gasteiger partial charge in [-0.2, -0.15) is 0 Å². The molecule has 0 aliphatic carbocycles. The molecule has 312 valence electrons. The van der Waals surface area contributed by atoms with E-state index in [1.807, 2.05) is 0 Å². The Labute approximate surface area is 323 Å². The van der Waals surface area contributed by atoms with Gasteiger partial charge in [0.25, 0.3) is 0 Å². The van der Waals surface area contributed by atoms with Crippen LogP contribution in [0.25, 0.3) is 0 Å². The molecule has 0 saturated carbocycles. The van der Waals surface area contributed by atoms with Crippen LogP contribution in [-0.4, -0.2) is 65.7 Å². The Balaban J connectivity index is 4.30. The lowest BCUT2D eigenvalue weighted by molar-refractivity contribution is -0.161. The molecule has 53 heavy (non-hydrogen) atoms. The van der Waals surface area contributed by atoms with Crippen LogP contribution in [0.2, 0.25) is 0 Å². The Hall–Kier alpha value is -1.55. The first-order valence-electron chi connectivity index (χ1n) is 21.3. The van der Waals surface area contributed by atoms with Crippen LogP contribution in [0.1, 0.15) is 194 Å². The number of rotatable bonds is 40. The largest absolute Gasteiger partial charge is 0.472 e. The van der Waals surface area contributed by atoms with Crippen LogP contribution in [0.15, 0.2) is 24.3 Å². The third kappa shape index (κ3) is 38.5. The number of phosphoric acid groups is 1. The molecule has 0 bridgehead atoms. The van der Waals surface area contributed by atoms with E-state index >= 15 is 0 Å². The third-order valence-corrected chi connectivity index (χ3v) is 10.0. The minimum absolute atomic E-state index is 0.183. The summed E-state index contributed by atoms with van der Waals surface area (Å²) in [4.78, 5) is 34.9. The molecular formula is C42H79O10P. The van der Waals surface area contributed by atoms with E-state index in [4.69, 9.17) is 19.1 Å². The topological polar surface area (TPSA) is 149 Å². The molecule has 0 rings (SSSR count). The van der Waals surface area contributed by atoms with Gasteiger partial charge in [-0.1, -0.05) is 147 Å². The monoisotopic (exact) mass is 775 g/mol. The highest BCUT2D eigenvalue weighted by molar-refractivity contribution is 7.47. The molecule has 0 heterocycles. The fourth-order valence-electron chi connectivity index (χ4n) is 5.73. The number of unbranched alkanes of at least 4 members (excludes halogenated alkanes) is 22. The third-order valence-electron chi connectivity index (χ3n) is 9.08. The lowest BCUT2D eigenvalue weighted by Crippen LogP contribution is -2.29. The fourth-order valence-corrected chi connectivity index (χ4v) is 6.52. The number of aliphatic hydroxyl groups excluding tert-OH is 2. The van der Waals surface area contributed by atoms with Gasteiger partial charge in [-0.05, 0) is 57.8 Å². The van der Waals surface area contributed by atoms with E-state index in [1.165, 1.54) is 109 Å². The molecule has 0 aliphatic heterocycles. The van der Waals surface area contributed by atoms with Crippen molar-refractivity contribution in [3.05, 3.63) is 24.3 Å². The maximum absolute atomic E-state index is 12.6. The summed E-state index contributed by atoms with van der Waals surface area (Å²) in [6.07, 6.45) is 37.1. The van der Waals surface area contributed by atoms with Gasteiger partial charge in [0.2, 0.25) is 0 Å². The summed E-state index contributed by atoms with van der Waals surface area (Å²) in [6.45, 7) is 2.34. The number of hydrogen-bond donors (Lipinski definition) is 3. The van der Waals surface area contributed by atoms with E-state index in [-0.39, 0.29) is 19.4 Å². The quantitative estimate of drug-likeness (QED) is 0.0238. The Morgan fingerprint density at radius 1 is 0.547 bits per heavy atom. The van der Waals surface area contributed by atoms with Crippen molar-refractivity contribution in [2.75, 3.05) is 26.4 Å². The van der Waals surface area contributed by atoms with Crippen LogP contribution in [-0.2, 0) is 32.7 Å². The molecule has 0 aromatic heterocycles. The van der Waals surface area contributed by atoms with Crippen LogP contribution < -0.4 is 0 Å². The average molecular weight is 775 g/mol. The summed E-state index contributed by atoms with van der Waals surface area (Å²) in [7, 11) is -4.61. The van der Waals surface area contributed by atoms with Gasteiger partial charge in [0.05, 0.1) is 19.8 Å². The smallest absolute Gasteiger partial charge is 0.462 e. The highest BCUT2D eigenvalue weighted by Gasteiger charge is 2.27. The van der Waals surface area contributed by atoms with E-state index in [9.17, 15) is 24.2 Å². The summed E-state index contributed by atoms with van der Waals surface area (Å²) in [6, 6.07) is 0. The number of carbonyl (C=O) groups excluding carboxylic acids is 2. The molecule has 0 radical (unpaired) electrons. The van der Waals surface area contributed by atoms with E-state index in [2.05, 4.69) is 42.7 Å². The van der Waals surface area contributed by atoms with Crippen molar-refractivity contribution < 1.29 is 47.8 Å². The maximum atomic E-state index is 12.6. The van der Waals surface area contributed by atoms with Crippen molar-refractivity contribution in [2.24, 2.45) is 0 Å². The van der Waals surface area contributed by atoms with Crippen LogP contribution in [0.4, 0.5) is 0 Å². The number of esters is 2. The van der Waals surface area contributed by atoms with E-state index < -0.39 is 51.8 Å². The van der Waals surface area contributed by atoms with Gasteiger partial charge in [-0.15, -0.1) is 0 Å². The molecule has 0 spiro atoms. The van der Waals surface area contributed by atoms with Gasteiger partial charge in [0, 0.05) is 12.8 Å². The molecule has 0 aromatic carbocycles. The Morgan fingerprint density at radius 2 is 0.943 bits per heavy atom. The van der Waals surface area contributed by atoms with Crippen molar-refractivity contribution >= 4 is 19.8 Å². The zero-order valence-corrected chi connectivity index (χ0v) is 34.6. The maximum Gasteiger partial charge on any atom is 0.472 e. The van der Waals surface area contributed by atoms with E-state index in [0.717, 1.165) is 44.9 Å². The predicted molar refractivity (Wildman–Crippen MR) is 215 cm³/mol. The normalized spacial score (nSPS) is 14.1. The zero-order chi connectivity index (χ0) is 39.1. The molecule has 0 saturated heterocycles. The summed E-state index contributed by atoms with van der Waals surface area (Å²) in [5, 5.41) is 18.3. The number of carbonyl (C=O) groups is 2. The molecular weight excluding hydrogens is 695 g/mol. The van der Waals surface area contributed by atoms with Crippen molar-refractivity contribution in [1.82, 2.24) is 0 Å². The molecule has 3 atom stereocenters. The zero-order valence-electron chi connectivity index (χ0n) is 33.7. The lowest BCUT2D eigenvalue weighted by atomic mass is 10.1. The number of hydrogen-bond acceptors (Lipinski definition) is 9. The Kier molecular flexibility index (Phi) is 37.6. The molecule has 11 heteroatoms. The summed E-state index contributed by atoms with van der Waals surface area (Å²) < 4.78 is 32.7.